The summed E-state index contributed by atoms with van der Waals surface area (Å²) in [5.41, 5.74) is 0.453. The molecule has 0 aromatic heterocycles. The molecule has 0 heterocycles. The Hall–Kier alpha value is -1.13. The van der Waals surface area contributed by atoms with Crippen LogP contribution in [0, 0.1) is 11.2 Å². The van der Waals surface area contributed by atoms with Gasteiger partial charge >= 0.3 is 0 Å². The summed E-state index contributed by atoms with van der Waals surface area (Å²) < 4.78 is 19.0. The maximum Gasteiger partial charge on any atom is 0.132 e. The summed E-state index contributed by atoms with van der Waals surface area (Å²) in [4.78, 5) is 2.15. The van der Waals surface area contributed by atoms with Crippen LogP contribution < -0.4 is 4.74 Å². The van der Waals surface area contributed by atoms with Gasteiger partial charge in [-0.3, -0.25) is 0 Å². The Morgan fingerprint density at radius 2 is 2.00 bits per heavy atom. The van der Waals surface area contributed by atoms with Gasteiger partial charge in [-0.05, 0) is 31.0 Å². The Balaban J connectivity index is 2.66. The zero-order valence-electron chi connectivity index (χ0n) is 13.1. The topological polar surface area (TPSA) is 32.7 Å². The van der Waals surface area contributed by atoms with Crippen molar-refractivity contribution >= 4 is 0 Å². The van der Waals surface area contributed by atoms with Gasteiger partial charge in [-0.15, -0.1) is 0 Å². The van der Waals surface area contributed by atoms with E-state index in [-0.39, 0.29) is 11.0 Å². The number of nitrogens with zero attached hydrogens (tertiary/aromatic N) is 1. The lowest BCUT2D eigenvalue weighted by atomic mass is 9.96. The molecule has 1 aromatic rings. The molecule has 1 atom stereocenters. The van der Waals surface area contributed by atoms with Crippen molar-refractivity contribution in [3.8, 4) is 5.75 Å². The number of benzene rings is 1. The third kappa shape index (κ3) is 5.10. The normalized spacial score (nSPS) is 13.6. The van der Waals surface area contributed by atoms with Gasteiger partial charge in [0.1, 0.15) is 11.6 Å². The van der Waals surface area contributed by atoms with Crippen LogP contribution in [0.5, 0.6) is 5.75 Å². The van der Waals surface area contributed by atoms with E-state index in [1.54, 1.807) is 12.1 Å². The summed E-state index contributed by atoms with van der Waals surface area (Å²) in [5, 5.41) is 10.2. The SMILES string of the molecule is COc1cccc(F)c1C(O)CCN(C)CC(C)(C)C. The van der Waals surface area contributed by atoms with Crippen LogP contribution in [0.25, 0.3) is 0 Å². The Labute approximate surface area is 121 Å². The second-order valence-corrected chi connectivity index (χ2v) is 6.46. The predicted octanol–water partition coefficient (Wildman–Crippen LogP) is 3.24. The largest absolute Gasteiger partial charge is 0.496 e. The average Bonchev–Trinajstić information content (AvgIpc) is 2.33. The van der Waals surface area contributed by atoms with Crippen LogP contribution in [0.1, 0.15) is 38.9 Å². The lowest BCUT2D eigenvalue weighted by molar-refractivity contribution is 0.131. The van der Waals surface area contributed by atoms with Crippen molar-refractivity contribution < 1.29 is 14.2 Å². The average molecular weight is 283 g/mol. The molecule has 0 aliphatic rings. The van der Waals surface area contributed by atoms with Gasteiger partial charge in [0, 0.05) is 13.1 Å². The summed E-state index contributed by atoms with van der Waals surface area (Å²) in [6.45, 7) is 8.13. The quantitative estimate of drug-likeness (QED) is 0.870. The van der Waals surface area contributed by atoms with Crippen LogP contribution in [-0.2, 0) is 0 Å². The number of aliphatic hydroxyl groups excluding tert-OH is 1. The first-order valence-electron chi connectivity index (χ1n) is 6.93. The van der Waals surface area contributed by atoms with Crippen LogP contribution in [0.3, 0.4) is 0 Å². The molecule has 1 N–H and O–H groups in total. The molecule has 0 aliphatic heterocycles. The summed E-state index contributed by atoms with van der Waals surface area (Å²) >= 11 is 0. The van der Waals surface area contributed by atoms with Gasteiger partial charge in [0.15, 0.2) is 0 Å². The van der Waals surface area contributed by atoms with E-state index >= 15 is 0 Å². The first-order chi connectivity index (χ1) is 9.24. The number of rotatable bonds is 6. The van der Waals surface area contributed by atoms with Crippen LogP contribution >= 0.6 is 0 Å². The van der Waals surface area contributed by atoms with Crippen molar-refractivity contribution in [2.24, 2.45) is 5.41 Å². The van der Waals surface area contributed by atoms with Crippen molar-refractivity contribution in [2.45, 2.75) is 33.3 Å². The van der Waals surface area contributed by atoms with E-state index in [9.17, 15) is 9.50 Å². The summed E-state index contributed by atoms with van der Waals surface area (Å²) in [5.74, 6) is -0.0219. The fourth-order valence-electron chi connectivity index (χ4n) is 2.39. The summed E-state index contributed by atoms with van der Waals surface area (Å²) in [6.07, 6.45) is -0.377. The van der Waals surface area contributed by atoms with Crippen molar-refractivity contribution in [1.29, 1.82) is 0 Å². The Morgan fingerprint density at radius 3 is 2.55 bits per heavy atom. The number of methoxy groups -OCH3 is 1. The Morgan fingerprint density at radius 1 is 1.35 bits per heavy atom. The summed E-state index contributed by atoms with van der Waals surface area (Å²) in [7, 11) is 3.49. The highest BCUT2D eigenvalue weighted by Crippen LogP contribution is 2.30. The van der Waals surface area contributed by atoms with Crippen molar-refractivity contribution in [2.75, 3.05) is 27.2 Å². The van der Waals surface area contributed by atoms with Crippen LogP contribution in [-0.4, -0.2) is 37.3 Å². The number of hydrogen-bond acceptors (Lipinski definition) is 3. The highest BCUT2D eigenvalue weighted by molar-refractivity contribution is 5.36. The fourth-order valence-corrected chi connectivity index (χ4v) is 2.39. The van der Waals surface area contributed by atoms with E-state index < -0.39 is 11.9 Å². The minimum absolute atomic E-state index is 0.204. The molecule has 0 amide bonds. The minimum atomic E-state index is -0.853. The smallest absolute Gasteiger partial charge is 0.132 e. The van der Waals surface area contributed by atoms with Gasteiger partial charge in [0.25, 0.3) is 0 Å². The fraction of sp³-hybridized carbons (Fsp3) is 0.625. The van der Waals surface area contributed by atoms with E-state index in [0.29, 0.717) is 18.7 Å². The molecule has 1 rings (SSSR count). The third-order valence-corrected chi connectivity index (χ3v) is 3.09. The molecular formula is C16H26FNO2. The molecule has 3 nitrogen and oxygen atoms in total. The Bertz CT molecular complexity index is 429. The second kappa shape index (κ2) is 7.04. The molecule has 114 valence electrons. The van der Waals surface area contributed by atoms with E-state index in [2.05, 4.69) is 25.7 Å². The monoisotopic (exact) mass is 283 g/mol. The summed E-state index contributed by atoms with van der Waals surface area (Å²) in [6, 6.07) is 4.59. The lowest BCUT2D eigenvalue weighted by Crippen LogP contribution is -2.30. The van der Waals surface area contributed by atoms with Gasteiger partial charge in [-0.1, -0.05) is 26.8 Å². The zero-order chi connectivity index (χ0) is 15.3. The van der Waals surface area contributed by atoms with E-state index in [0.717, 1.165) is 6.54 Å². The van der Waals surface area contributed by atoms with Gasteiger partial charge < -0.3 is 14.7 Å². The molecule has 0 spiro atoms. The van der Waals surface area contributed by atoms with Crippen LogP contribution in [0.4, 0.5) is 4.39 Å². The van der Waals surface area contributed by atoms with E-state index in [1.165, 1.54) is 13.2 Å². The number of halogens is 1. The molecule has 0 saturated carbocycles. The van der Waals surface area contributed by atoms with E-state index in [1.807, 2.05) is 7.05 Å². The van der Waals surface area contributed by atoms with Gasteiger partial charge in [-0.2, -0.15) is 0 Å². The first-order valence-corrected chi connectivity index (χ1v) is 6.93. The van der Waals surface area contributed by atoms with E-state index in [4.69, 9.17) is 4.74 Å². The van der Waals surface area contributed by atoms with Gasteiger partial charge in [-0.25, -0.2) is 4.39 Å². The third-order valence-electron chi connectivity index (χ3n) is 3.09. The molecular weight excluding hydrogens is 257 g/mol. The number of hydrogen-bond donors (Lipinski definition) is 1. The highest BCUT2D eigenvalue weighted by atomic mass is 19.1. The molecule has 1 aromatic carbocycles. The predicted molar refractivity (Wildman–Crippen MR) is 79.5 cm³/mol. The first kappa shape index (κ1) is 16.9. The molecule has 0 radical (unpaired) electrons. The van der Waals surface area contributed by atoms with Crippen LogP contribution in [0.2, 0.25) is 0 Å². The number of aliphatic hydroxyl groups is 1. The van der Waals surface area contributed by atoms with Gasteiger partial charge in [0.05, 0.1) is 18.8 Å². The maximum absolute atomic E-state index is 13.8. The lowest BCUT2D eigenvalue weighted by Gasteiger charge is -2.27. The molecule has 1 unspecified atom stereocenters. The van der Waals surface area contributed by atoms with Gasteiger partial charge in [0.2, 0.25) is 0 Å². The van der Waals surface area contributed by atoms with Crippen molar-refractivity contribution in [3.63, 3.8) is 0 Å². The Kier molecular flexibility index (Phi) is 5.96. The highest BCUT2D eigenvalue weighted by Gasteiger charge is 2.20. The molecule has 0 saturated heterocycles. The molecule has 4 heteroatoms. The van der Waals surface area contributed by atoms with Crippen molar-refractivity contribution in [3.05, 3.63) is 29.6 Å². The van der Waals surface area contributed by atoms with Crippen LogP contribution in [0.15, 0.2) is 18.2 Å². The molecule has 0 bridgehead atoms. The van der Waals surface area contributed by atoms with Crippen molar-refractivity contribution in [1.82, 2.24) is 4.90 Å². The zero-order valence-corrected chi connectivity index (χ0v) is 13.1. The standard InChI is InChI=1S/C16H26FNO2/c1-16(2,3)11-18(4)10-9-13(19)15-12(17)7-6-8-14(15)20-5/h6-8,13,19H,9-11H2,1-5H3. The molecule has 0 aliphatic carbocycles. The molecule has 0 fully saturated rings. The number of ether oxygens (including phenoxy) is 1. The second-order valence-electron chi connectivity index (χ2n) is 6.46. The maximum atomic E-state index is 13.8. The molecule has 20 heavy (non-hydrogen) atoms. The minimum Gasteiger partial charge on any atom is -0.496 e.